The van der Waals surface area contributed by atoms with Gasteiger partial charge < -0.3 is 4.90 Å². The van der Waals surface area contributed by atoms with Gasteiger partial charge >= 0.3 is 0 Å². The molecule has 0 saturated carbocycles. The maximum atomic E-state index is 4.97. The summed E-state index contributed by atoms with van der Waals surface area (Å²) in [5.74, 6) is 1.07. The summed E-state index contributed by atoms with van der Waals surface area (Å²) in [4.78, 5) is 6.04. The second-order valence-electron chi connectivity index (χ2n) is 7.12. The fourth-order valence-electron chi connectivity index (χ4n) is 2.02. The monoisotopic (exact) mass is 372 g/mol. The standard InChI is InChI=1S/C13H22NP.C5H11NS2/c1-13(2,3)10-12(15(4)5)11-6-8-14-9-7-11;1-4-8-5(7)6(2)3/h6-9,12H,10H2,1-5H3;4H2,1-3H3. The summed E-state index contributed by atoms with van der Waals surface area (Å²) in [6.07, 6.45) is 5.07. The van der Waals surface area contributed by atoms with Gasteiger partial charge in [-0.1, -0.05) is 51.7 Å². The molecule has 2 nitrogen and oxygen atoms in total. The van der Waals surface area contributed by atoms with Crippen molar-refractivity contribution in [2.24, 2.45) is 5.41 Å². The Labute approximate surface area is 154 Å². The summed E-state index contributed by atoms with van der Waals surface area (Å²) in [5, 5.41) is 0. The van der Waals surface area contributed by atoms with Crippen molar-refractivity contribution < 1.29 is 0 Å². The Morgan fingerprint density at radius 1 is 1.26 bits per heavy atom. The fourth-order valence-corrected chi connectivity index (χ4v) is 4.56. The van der Waals surface area contributed by atoms with Crippen LogP contribution in [0.5, 0.6) is 0 Å². The van der Waals surface area contributed by atoms with Gasteiger partial charge in [0.2, 0.25) is 0 Å². The van der Waals surface area contributed by atoms with Gasteiger partial charge in [-0.25, -0.2) is 0 Å². The van der Waals surface area contributed by atoms with Gasteiger partial charge in [-0.3, -0.25) is 4.98 Å². The number of hydrogen-bond donors (Lipinski definition) is 0. The maximum absolute atomic E-state index is 4.97. The molecule has 0 aliphatic carbocycles. The quantitative estimate of drug-likeness (QED) is 0.484. The minimum Gasteiger partial charge on any atom is -0.364 e. The van der Waals surface area contributed by atoms with Crippen LogP contribution in [-0.2, 0) is 0 Å². The van der Waals surface area contributed by atoms with Crippen LogP contribution in [0.4, 0.5) is 0 Å². The number of thiocarbonyl (C=S) groups is 1. The SMILES string of the molecule is CCSC(=S)N(C)C.CP(C)C(CC(C)(C)C)c1ccncc1. The molecule has 0 saturated heterocycles. The van der Waals surface area contributed by atoms with E-state index in [1.165, 1.54) is 12.0 Å². The molecule has 0 aromatic carbocycles. The van der Waals surface area contributed by atoms with Gasteiger partial charge in [-0.2, -0.15) is 0 Å². The molecule has 0 fully saturated rings. The molecule has 1 unspecified atom stereocenters. The molecular weight excluding hydrogens is 339 g/mol. The predicted octanol–water partition coefficient (Wildman–Crippen LogP) is 5.89. The Kier molecular flexibility index (Phi) is 11.3. The molecule has 23 heavy (non-hydrogen) atoms. The molecule has 132 valence electrons. The summed E-state index contributed by atoms with van der Waals surface area (Å²) in [6.45, 7) is 13.8. The largest absolute Gasteiger partial charge is 0.364 e. The molecular formula is C18H33N2PS2. The Hall–Kier alpha value is -0.180. The zero-order chi connectivity index (χ0) is 18.0. The highest BCUT2D eigenvalue weighted by molar-refractivity contribution is 8.22. The van der Waals surface area contributed by atoms with Crippen LogP contribution in [0.15, 0.2) is 24.5 Å². The second-order valence-corrected chi connectivity index (χ2v) is 11.6. The third kappa shape index (κ3) is 11.1. The molecule has 0 spiro atoms. The summed E-state index contributed by atoms with van der Waals surface area (Å²) < 4.78 is 0.965. The van der Waals surface area contributed by atoms with Crippen LogP contribution >= 0.6 is 31.9 Å². The highest BCUT2D eigenvalue weighted by Crippen LogP contribution is 2.50. The fraction of sp³-hybridized carbons (Fsp3) is 0.667. The molecule has 0 aliphatic heterocycles. The first-order chi connectivity index (χ1) is 10.6. The Balaban J connectivity index is 0.000000515. The number of hydrogen-bond acceptors (Lipinski definition) is 3. The van der Waals surface area contributed by atoms with Gasteiger partial charge in [0.05, 0.1) is 0 Å². The van der Waals surface area contributed by atoms with Crippen LogP contribution in [-0.4, -0.2) is 47.4 Å². The average molecular weight is 373 g/mol. The van der Waals surface area contributed by atoms with Crippen LogP contribution in [0, 0.1) is 5.41 Å². The third-order valence-corrected chi connectivity index (χ3v) is 6.50. The van der Waals surface area contributed by atoms with E-state index in [1.54, 1.807) is 11.8 Å². The van der Waals surface area contributed by atoms with Crippen molar-refractivity contribution in [1.29, 1.82) is 0 Å². The molecule has 1 rings (SSSR count). The molecule has 1 aromatic heterocycles. The molecule has 0 aliphatic rings. The van der Waals surface area contributed by atoms with E-state index in [1.807, 2.05) is 31.4 Å². The topological polar surface area (TPSA) is 16.1 Å². The second kappa shape index (κ2) is 11.4. The summed E-state index contributed by atoms with van der Waals surface area (Å²) in [5.41, 5.74) is 2.57. The van der Waals surface area contributed by atoms with Gasteiger partial charge in [0.25, 0.3) is 0 Å². The van der Waals surface area contributed by atoms with E-state index in [-0.39, 0.29) is 7.92 Å². The van der Waals surface area contributed by atoms with Crippen LogP contribution in [0.2, 0.25) is 0 Å². The number of aromatic nitrogens is 1. The Bertz CT molecular complexity index is 442. The zero-order valence-corrected chi connectivity index (χ0v) is 18.5. The first kappa shape index (κ1) is 22.8. The lowest BCUT2D eigenvalue weighted by atomic mass is 9.88. The summed E-state index contributed by atoms with van der Waals surface area (Å²) >= 11 is 6.66. The number of pyridine rings is 1. The lowest BCUT2D eigenvalue weighted by Gasteiger charge is -2.29. The Morgan fingerprint density at radius 2 is 1.78 bits per heavy atom. The molecule has 1 aromatic rings. The van der Waals surface area contributed by atoms with Gasteiger partial charge in [0, 0.05) is 32.1 Å². The van der Waals surface area contributed by atoms with Crippen molar-refractivity contribution in [3.8, 4) is 0 Å². The van der Waals surface area contributed by atoms with Crippen molar-refractivity contribution in [1.82, 2.24) is 9.88 Å². The lowest BCUT2D eigenvalue weighted by molar-refractivity contribution is 0.373. The van der Waals surface area contributed by atoms with Gasteiger partial charge in [-0.15, -0.1) is 7.92 Å². The zero-order valence-electron chi connectivity index (χ0n) is 16.0. The van der Waals surface area contributed by atoms with E-state index in [9.17, 15) is 0 Å². The van der Waals surface area contributed by atoms with Gasteiger partial charge in [-0.05, 0) is 48.6 Å². The summed E-state index contributed by atoms with van der Waals surface area (Å²) in [7, 11) is 3.99. The molecule has 0 N–H and O–H groups in total. The van der Waals surface area contributed by atoms with E-state index >= 15 is 0 Å². The average Bonchev–Trinajstić information content (AvgIpc) is 2.45. The van der Waals surface area contributed by atoms with Crippen LogP contribution < -0.4 is 0 Å². The van der Waals surface area contributed by atoms with E-state index in [0.717, 1.165) is 10.1 Å². The van der Waals surface area contributed by atoms with E-state index in [2.05, 4.69) is 58.1 Å². The first-order valence-electron chi connectivity index (χ1n) is 7.99. The van der Waals surface area contributed by atoms with E-state index in [0.29, 0.717) is 11.1 Å². The first-order valence-corrected chi connectivity index (χ1v) is 11.7. The third-order valence-electron chi connectivity index (χ3n) is 3.15. The van der Waals surface area contributed by atoms with E-state index in [4.69, 9.17) is 12.2 Å². The molecule has 0 bridgehead atoms. The highest BCUT2D eigenvalue weighted by Gasteiger charge is 2.22. The predicted molar refractivity (Wildman–Crippen MR) is 114 cm³/mol. The maximum Gasteiger partial charge on any atom is 0.135 e. The van der Waals surface area contributed by atoms with Crippen LogP contribution in [0.3, 0.4) is 0 Å². The van der Waals surface area contributed by atoms with Gasteiger partial charge in [0.1, 0.15) is 4.32 Å². The number of rotatable bonds is 4. The smallest absolute Gasteiger partial charge is 0.135 e. The lowest BCUT2D eigenvalue weighted by Crippen LogP contribution is -2.15. The minimum atomic E-state index is 0.0677. The van der Waals surface area contributed by atoms with Gasteiger partial charge in [0.15, 0.2) is 0 Å². The van der Waals surface area contributed by atoms with Crippen molar-refractivity contribution in [2.45, 2.75) is 39.8 Å². The van der Waals surface area contributed by atoms with Crippen LogP contribution in [0.25, 0.3) is 0 Å². The summed E-state index contributed by atoms with van der Waals surface area (Å²) in [6, 6.07) is 4.33. The van der Waals surface area contributed by atoms with Crippen molar-refractivity contribution in [3.63, 3.8) is 0 Å². The molecule has 0 amide bonds. The van der Waals surface area contributed by atoms with Crippen molar-refractivity contribution in [2.75, 3.05) is 33.2 Å². The molecule has 1 heterocycles. The molecule has 0 radical (unpaired) electrons. The van der Waals surface area contributed by atoms with Crippen LogP contribution in [0.1, 0.15) is 45.3 Å². The van der Waals surface area contributed by atoms with Crippen molar-refractivity contribution in [3.05, 3.63) is 30.1 Å². The van der Waals surface area contributed by atoms with E-state index < -0.39 is 0 Å². The minimum absolute atomic E-state index is 0.0677. The normalized spacial score (nSPS) is 12.4. The number of nitrogens with zero attached hydrogens (tertiary/aromatic N) is 2. The molecule has 1 atom stereocenters. The highest BCUT2D eigenvalue weighted by atomic mass is 32.2. The molecule has 5 heteroatoms. The number of thioether (sulfide) groups is 1. The van der Waals surface area contributed by atoms with Crippen molar-refractivity contribution >= 4 is 36.2 Å². The Morgan fingerprint density at radius 3 is 2.09 bits per heavy atom.